The van der Waals surface area contributed by atoms with Gasteiger partial charge >= 0.3 is 6.03 Å². The predicted molar refractivity (Wildman–Crippen MR) is 117 cm³/mol. The van der Waals surface area contributed by atoms with Crippen LogP contribution in [0.5, 0.6) is 0 Å². The monoisotopic (exact) mass is 399 g/mol. The number of nitrogens with one attached hydrogen (secondary N) is 1. The SMILES string of the molecule is CCCC(=O)N1CCC(N(C)C(=O)NCC2CCC(c3ccccc3)CC2)CC1. The Morgan fingerprint density at radius 3 is 2.31 bits per heavy atom. The molecule has 160 valence electrons. The molecule has 3 amide bonds. The molecular formula is C24H37N3O2. The lowest BCUT2D eigenvalue weighted by atomic mass is 9.79. The molecule has 2 fully saturated rings. The van der Waals surface area contributed by atoms with E-state index in [0.717, 1.165) is 38.9 Å². The first-order chi connectivity index (χ1) is 14.1. The van der Waals surface area contributed by atoms with Crippen molar-refractivity contribution in [2.24, 2.45) is 5.92 Å². The number of nitrogens with zero attached hydrogens (tertiary/aromatic N) is 2. The van der Waals surface area contributed by atoms with Crippen LogP contribution < -0.4 is 5.32 Å². The minimum absolute atomic E-state index is 0.0357. The first-order valence-corrected chi connectivity index (χ1v) is 11.4. The van der Waals surface area contributed by atoms with Gasteiger partial charge in [-0.3, -0.25) is 4.79 Å². The van der Waals surface area contributed by atoms with E-state index in [0.29, 0.717) is 18.3 Å². The second-order valence-electron chi connectivity index (χ2n) is 8.79. The maximum absolute atomic E-state index is 12.6. The van der Waals surface area contributed by atoms with E-state index >= 15 is 0 Å². The Balaban J connectivity index is 1.36. The summed E-state index contributed by atoms with van der Waals surface area (Å²) in [6.07, 6.45) is 8.07. The second-order valence-corrected chi connectivity index (χ2v) is 8.79. The Bertz CT molecular complexity index is 647. The molecule has 1 saturated carbocycles. The van der Waals surface area contributed by atoms with Gasteiger partial charge in [-0.25, -0.2) is 4.79 Å². The molecule has 3 rings (SSSR count). The molecule has 1 aliphatic carbocycles. The largest absolute Gasteiger partial charge is 0.343 e. The molecule has 0 bridgehead atoms. The number of carbonyl (C=O) groups excluding carboxylic acids is 2. The van der Waals surface area contributed by atoms with Gasteiger partial charge in [-0.05, 0) is 62.3 Å². The average molecular weight is 400 g/mol. The van der Waals surface area contributed by atoms with Crippen LogP contribution in [0, 0.1) is 5.92 Å². The summed E-state index contributed by atoms with van der Waals surface area (Å²) in [6, 6.07) is 11.1. The van der Waals surface area contributed by atoms with Crippen LogP contribution in [0.4, 0.5) is 4.79 Å². The number of hydrogen-bond donors (Lipinski definition) is 1. The quantitative estimate of drug-likeness (QED) is 0.771. The summed E-state index contributed by atoms with van der Waals surface area (Å²) >= 11 is 0. The van der Waals surface area contributed by atoms with Gasteiger partial charge in [0.1, 0.15) is 0 Å². The van der Waals surface area contributed by atoms with Gasteiger partial charge in [0.2, 0.25) is 5.91 Å². The maximum atomic E-state index is 12.6. The molecule has 0 unspecified atom stereocenters. The molecule has 1 aromatic carbocycles. The van der Waals surface area contributed by atoms with Gasteiger partial charge in [0.05, 0.1) is 0 Å². The van der Waals surface area contributed by atoms with Gasteiger partial charge in [0.25, 0.3) is 0 Å². The summed E-state index contributed by atoms with van der Waals surface area (Å²) in [5.41, 5.74) is 1.46. The van der Waals surface area contributed by atoms with Gasteiger partial charge in [-0.1, -0.05) is 37.3 Å². The summed E-state index contributed by atoms with van der Waals surface area (Å²) in [5.74, 6) is 1.51. The fourth-order valence-electron chi connectivity index (χ4n) is 4.82. The normalized spacial score (nSPS) is 22.9. The van der Waals surface area contributed by atoms with Crippen molar-refractivity contribution in [1.82, 2.24) is 15.1 Å². The average Bonchev–Trinajstić information content (AvgIpc) is 2.78. The van der Waals surface area contributed by atoms with E-state index in [9.17, 15) is 9.59 Å². The number of benzene rings is 1. The third-order valence-corrected chi connectivity index (χ3v) is 6.81. The van der Waals surface area contributed by atoms with Crippen LogP contribution in [0.1, 0.15) is 69.8 Å². The first-order valence-electron chi connectivity index (χ1n) is 11.4. The van der Waals surface area contributed by atoms with Crippen molar-refractivity contribution >= 4 is 11.9 Å². The van der Waals surface area contributed by atoms with Crippen molar-refractivity contribution in [3.8, 4) is 0 Å². The number of piperidine rings is 1. The van der Waals surface area contributed by atoms with Crippen LogP contribution in [-0.2, 0) is 4.79 Å². The Morgan fingerprint density at radius 1 is 1.03 bits per heavy atom. The Kier molecular flexibility index (Phi) is 7.96. The highest BCUT2D eigenvalue weighted by Crippen LogP contribution is 2.35. The number of carbonyl (C=O) groups is 2. The van der Waals surface area contributed by atoms with Crippen molar-refractivity contribution in [2.75, 3.05) is 26.7 Å². The predicted octanol–water partition coefficient (Wildman–Crippen LogP) is 4.39. The summed E-state index contributed by atoms with van der Waals surface area (Å²) in [4.78, 5) is 28.5. The van der Waals surface area contributed by atoms with Gasteiger partial charge in [0, 0.05) is 39.1 Å². The Morgan fingerprint density at radius 2 is 1.69 bits per heavy atom. The molecule has 0 radical (unpaired) electrons. The minimum Gasteiger partial charge on any atom is -0.343 e. The van der Waals surface area contributed by atoms with Crippen molar-refractivity contribution < 1.29 is 9.59 Å². The lowest BCUT2D eigenvalue weighted by Gasteiger charge is -2.37. The maximum Gasteiger partial charge on any atom is 0.317 e. The van der Waals surface area contributed by atoms with E-state index < -0.39 is 0 Å². The highest BCUT2D eigenvalue weighted by Gasteiger charge is 2.28. The van der Waals surface area contributed by atoms with Crippen LogP contribution in [0.2, 0.25) is 0 Å². The fraction of sp³-hybridized carbons (Fsp3) is 0.667. The van der Waals surface area contributed by atoms with Gasteiger partial charge in [-0.15, -0.1) is 0 Å². The topological polar surface area (TPSA) is 52.7 Å². The molecule has 1 aromatic rings. The minimum atomic E-state index is 0.0357. The molecule has 0 aromatic heterocycles. The van der Waals surface area contributed by atoms with Gasteiger partial charge in [-0.2, -0.15) is 0 Å². The first kappa shape index (κ1) is 21.7. The number of likely N-dealkylation sites (tertiary alicyclic amines) is 1. The number of hydrogen-bond acceptors (Lipinski definition) is 2. The van der Waals surface area contributed by atoms with E-state index in [2.05, 4.69) is 35.6 Å². The molecule has 1 heterocycles. The summed E-state index contributed by atoms with van der Waals surface area (Å²) < 4.78 is 0. The third-order valence-electron chi connectivity index (χ3n) is 6.81. The van der Waals surface area contributed by atoms with Crippen molar-refractivity contribution in [1.29, 1.82) is 0 Å². The van der Waals surface area contributed by atoms with Crippen LogP contribution in [0.25, 0.3) is 0 Å². The molecule has 1 saturated heterocycles. The third kappa shape index (κ3) is 5.97. The zero-order valence-electron chi connectivity index (χ0n) is 18.1. The summed E-state index contributed by atoms with van der Waals surface area (Å²) in [7, 11) is 1.90. The van der Waals surface area contributed by atoms with Crippen molar-refractivity contribution in [3.05, 3.63) is 35.9 Å². The van der Waals surface area contributed by atoms with E-state index in [4.69, 9.17) is 0 Å². The van der Waals surface area contributed by atoms with E-state index in [1.807, 2.05) is 23.8 Å². The van der Waals surface area contributed by atoms with Crippen LogP contribution >= 0.6 is 0 Å². The van der Waals surface area contributed by atoms with E-state index in [1.54, 1.807) is 0 Å². The smallest absolute Gasteiger partial charge is 0.317 e. The number of amides is 3. The van der Waals surface area contributed by atoms with Crippen molar-refractivity contribution in [3.63, 3.8) is 0 Å². The fourth-order valence-corrected chi connectivity index (χ4v) is 4.82. The van der Waals surface area contributed by atoms with Crippen LogP contribution in [0.3, 0.4) is 0 Å². The number of rotatable bonds is 6. The van der Waals surface area contributed by atoms with E-state index in [-0.39, 0.29) is 18.0 Å². The molecule has 5 nitrogen and oxygen atoms in total. The molecule has 2 aliphatic rings. The zero-order valence-corrected chi connectivity index (χ0v) is 18.1. The van der Waals surface area contributed by atoms with Crippen LogP contribution in [-0.4, -0.2) is 54.5 Å². The molecular weight excluding hydrogens is 362 g/mol. The Labute approximate surface area is 175 Å². The Hall–Kier alpha value is -2.04. The lowest BCUT2D eigenvalue weighted by molar-refractivity contribution is -0.132. The molecule has 5 heteroatoms. The lowest BCUT2D eigenvalue weighted by Crippen LogP contribution is -2.50. The number of urea groups is 1. The molecule has 1 aliphatic heterocycles. The highest BCUT2D eigenvalue weighted by atomic mass is 16.2. The van der Waals surface area contributed by atoms with Crippen LogP contribution in [0.15, 0.2) is 30.3 Å². The molecule has 1 N–H and O–H groups in total. The van der Waals surface area contributed by atoms with E-state index in [1.165, 1.54) is 31.2 Å². The highest BCUT2D eigenvalue weighted by molar-refractivity contribution is 5.76. The van der Waals surface area contributed by atoms with Crippen molar-refractivity contribution in [2.45, 2.75) is 70.3 Å². The molecule has 29 heavy (non-hydrogen) atoms. The summed E-state index contributed by atoms with van der Waals surface area (Å²) in [6.45, 7) is 4.35. The van der Waals surface area contributed by atoms with Gasteiger partial charge < -0.3 is 15.1 Å². The molecule has 0 atom stereocenters. The second kappa shape index (κ2) is 10.7. The van der Waals surface area contributed by atoms with Gasteiger partial charge in [0.15, 0.2) is 0 Å². The zero-order chi connectivity index (χ0) is 20.6. The summed E-state index contributed by atoms with van der Waals surface area (Å²) in [5, 5.41) is 3.16. The molecule has 0 spiro atoms. The standard InChI is InChI=1S/C24H37N3O2/c1-3-7-23(28)27-16-14-22(15-17-27)26(2)24(29)25-18-19-10-12-21(13-11-19)20-8-5-4-6-9-20/h4-6,8-9,19,21-22H,3,7,10-18H2,1-2H3,(H,25,29).